The van der Waals surface area contributed by atoms with Gasteiger partial charge in [0.25, 0.3) is 15.7 Å². The van der Waals surface area contributed by atoms with E-state index in [4.69, 9.17) is 0 Å². The van der Waals surface area contributed by atoms with Crippen LogP contribution in [0.2, 0.25) is 0 Å². The molecule has 3 rings (SSSR count). The van der Waals surface area contributed by atoms with Crippen molar-refractivity contribution in [2.45, 2.75) is 18.7 Å². The smallest absolute Gasteiger partial charge is 0.294 e. The minimum atomic E-state index is -3.97. The summed E-state index contributed by atoms with van der Waals surface area (Å²) in [5.74, 6) is 0.433. The Bertz CT molecular complexity index is 1120. The molecule has 0 aliphatic carbocycles. The minimum Gasteiger partial charge on any atom is -0.333 e. The fourth-order valence-electron chi connectivity index (χ4n) is 2.90. The molecule has 3 aromatic rings. The number of para-hydroxylation sites is 1. The number of nitrogens with zero attached hydrogens (tertiary/aromatic N) is 4. The van der Waals surface area contributed by atoms with Crippen molar-refractivity contribution in [3.05, 3.63) is 70.4 Å². The van der Waals surface area contributed by atoms with Crippen molar-refractivity contribution in [2.24, 2.45) is 7.05 Å². The lowest BCUT2D eigenvalue weighted by Crippen LogP contribution is -2.30. The van der Waals surface area contributed by atoms with Gasteiger partial charge >= 0.3 is 0 Å². The summed E-state index contributed by atoms with van der Waals surface area (Å²) in [7, 11) is -2.21. The molecule has 0 unspecified atom stereocenters. The minimum absolute atomic E-state index is 0.155. The van der Waals surface area contributed by atoms with Crippen LogP contribution in [0.1, 0.15) is 12.6 Å². The number of nitro groups is 1. The third-order valence-corrected chi connectivity index (χ3v) is 6.36. The average molecular weight is 415 g/mol. The highest BCUT2D eigenvalue weighted by atomic mass is 32.2. The molecule has 0 atom stereocenters. The van der Waals surface area contributed by atoms with E-state index in [1.807, 2.05) is 6.92 Å². The summed E-state index contributed by atoms with van der Waals surface area (Å²) in [6, 6.07) is 14.1. The van der Waals surface area contributed by atoms with Crippen molar-refractivity contribution in [3.8, 4) is 0 Å². The summed E-state index contributed by atoms with van der Waals surface area (Å²) in [5, 5.41) is 18.7. The first-order valence-corrected chi connectivity index (χ1v) is 10.3. The summed E-state index contributed by atoms with van der Waals surface area (Å²) < 4.78 is 29.1. The number of rotatable bonds is 7. The molecular weight excluding hydrogens is 394 g/mol. The molecule has 0 fully saturated rings. The monoisotopic (exact) mass is 415 g/mol. The summed E-state index contributed by atoms with van der Waals surface area (Å²) in [5.41, 5.74) is 1.17. The summed E-state index contributed by atoms with van der Waals surface area (Å²) in [4.78, 5) is 10.8. The zero-order chi connectivity index (χ0) is 21.2. The Labute approximate surface area is 168 Å². The Morgan fingerprint density at radius 3 is 2.41 bits per heavy atom. The zero-order valence-electron chi connectivity index (χ0n) is 16.2. The zero-order valence-corrected chi connectivity index (χ0v) is 17.0. The van der Waals surface area contributed by atoms with Gasteiger partial charge in [0.1, 0.15) is 5.69 Å². The molecule has 0 aliphatic heterocycles. The molecule has 0 bridgehead atoms. The fourth-order valence-corrected chi connectivity index (χ4v) is 4.40. The van der Waals surface area contributed by atoms with Crippen LogP contribution in [0.15, 0.2) is 59.5 Å². The molecule has 0 saturated carbocycles. The van der Waals surface area contributed by atoms with Crippen LogP contribution in [0, 0.1) is 17.0 Å². The number of anilines is 3. The third-order valence-electron chi connectivity index (χ3n) is 4.46. The molecule has 1 heterocycles. The van der Waals surface area contributed by atoms with Crippen molar-refractivity contribution in [2.75, 3.05) is 16.2 Å². The number of hydrogen-bond donors (Lipinski definition) is 1. The molecule has 1 N–H and O–H groups in total. The number of nitrogens with one attached hydrogen (secondary N) is 1. The fraction of sp³-hybridized carbons (Fsp3) is 0.211. The summed E-state index contributed by atoms with van der Waals surface area (Å²) in [6.45, 7) is 3.75. The Hall–Kier alpha value is -3.40. The van der Waals surface area contributed by atoms with E-state index in [0.29, 0.717) is 11.5 Å². The predicted octanol–water partition coefficient (Wildman–Crippen LogP) is 3.60. The van der Waals surface area contributed by atoms with Crippen molar-refractivity contribution in [1.29, 1.82) is 0 Å². The van der Waals surface area contributed by atoms with Crippen LogP contribution in [0.25, 0.3) is 0 Å². The highest BCUT2D eigenvalue weighted by Crippen LogP contribution is 2.32. The number of aryl methyl sites for hydroxylation is 2. The Balaban J connectivity index is 2.02. The standard InChI is InChI=1S/C19H21N5O4S/c1-4-23(15-8-6-5-7-9-15)29(27,28)16-10-11-17(18(13-16)24(25)26)20-19-12-14(2)22(3)21-19/h5-13H,4H2,1-3H3,(H,20,21). The molecule has 29 heavy (non-hydrogen) atoms. The topological polar surface area (TPSA) is 110 Å². The third kappa shape index (κ3) is 4.06. The van der Waals surface area contributed by atoms with Gasteiger partial charge in [-0.05, 0) is 38.1 Å². The second-order valence-electron chi connectivity index (χ2n) is 6.36. The molecule has 10 heteroatoms. The Morgan fingerprint density at radius 1 is 1.17 bits per heavy atom. The van der Waals surface area contributed by atoms with Crippen LogP contribution in [0.3, 0.4) is 0 Å². The molecular formula is C19H21N5O4S. The van der Waals surface area contributed by atoms with Gasteiger partial charge in [-0.15, -0.1) is 0 Å². The Morgan fingerprint density at radius 2 is 1.86 bits per heavy atom. The molecule has 0 aliphatic rings. The first-order chi connectivity index (χ1) is 13.7. The second-order valence-corrected chi connectivity index (χ2v) is 8.22. The van der Waals surface area contributed by atoms with Gasteiger partial charge in [0.15, 0.2) is 5.82 Å². The molecule has 0 saturated heterocycles. The van der Waals surface area contributed by atoms with Crippen molar-refractivity contribution in [3.63, 3.8) is 0 Å². The van der Waals surface area contributed by atoms with E-state index in [2.05, 4.69) is 10.4 Å². The van der Waals surface area contributed by atoms with E-state index in [1.54, 1.807) is 55.1 Å². The van der Waals surface area contributed by atoms with Gasteiger partial charge in [-0.1, -0.05) is 18.2 Å². The maximum Gasteiger partial charge on any atom is 0.294 e. The lowest BCUT2D eigenvalue weighted by atomic mass is 10.2. The molecule has 0 spiro atoms. The Kier molecular flexibility index (Phi) is 5.55. The highest BCUT2D eigenvalue weighted by Gasteiger charge is 2.27. The second kappa shape index (κ2) is 7.92. The molecule has 2 aromatic carbocycles. The lowest BCUT2D eigenvalue weighted by Gasteiger charge is -2.23. The van der Waals surface area contributed by atoms with Gasteiger partial charge in [-0.2, -0.15) is 5.10 Å². The van der Waals surface area contributed by atoms with E-state index < -0.39 is 14.9 Å². The van der Waals surface area contributed by atoms with Crippen LogP contribution in [0.4, 0.5) is 22.9 Å². The van der Waals surface area contributed by atoms with E-state index in [0.717, 1.165) is 11.8 Å². The maximum atomic E-state index is 13.1. The predicted molar refractivity (Wildman–Crippen MR) is 111 cm³/mol. The van der Waals surface area contributed by atoms with Gasteiger partial charge in [0.2, 0.25) is 0 Å². The number of hydrogen-bond acceptors (Lipinski definition) is 6. The SMILES string of the molecule is CCN(c1ccccc1)S(=O)(=O)c1ccc(Nc2cc(C)n(C)n2)c([N+](=O)[O-])c1. The molecule has 9 nitrogen and oxygen atoms in total. The summed E-state index contributed by atoms with van der Waals surface area (Å²) in [6.07, 6.45) is 0. The van der Waals surface area contributed by atoms with E-state index in [9.17, 15) is 18.5 Å². The van der Waals surface area contributed by atoms with Crippen LogP contribution in [0.5, 0.6) is 0 Å². The molecule has 0 amide bonds. The van der Waals surface area contributed by atoms with Crippen LogP contribution >= 0.6 is 0 Å². The first-order valence-electron chi connectivity index (χ1n) is 8.88. The first kappa shape index (κ1) is 20.3. The normalized spacial score (nSPS) is 11.3. The van der Waals surface area contributed by atoms with Crippen LogP contribution in [-0.2, 0) is 17.1 Å². The maximum absolute atomic E-state index is 13.1. The largest absolute Gasteiger partial charge is 0.333 e. The van der Waals surface area contributed by atoms with Crippen molar-refractivity contribution < 1.29 is 13.3 Å². The van der Waals surface area contributed by atoms with Gasteiger partial charge < -0.3 is 5.32 Å². The number of nitro benzene ring substituents is 1. The van der Waals surface area contributed by atoms with E-state index in [1.165, 1.54) is 16.4 Å². The van der Waals surface area contributed by atoms with Crippen LogP contribution in [-0.4, -0.2) is 29.7 Å². The molecule has 0 radical (unpaired) electrons. The van der Waals surface area contributed by atoms with Crippen LogP contribution < -0.4 is 9.62 Å². The lowest BCUT2D eigenvalue weighted by molar-refractivity contribution is -0.384. The quantitative estimate of drug-likeness (QED) is 0.466. The van der Waals surface area contributed by atoms with Crippen molar-refractivity contribution in [1.82, 2.24) is 9.78 Å². The van der Waals surface area contributed by atoms with E-state index >= 15 is 0 Å². The number of benzene rings is 2. The summed E-state index contributed by atoms with van der Waals surface area (Å²) >= 11 is 0. The molecule has 152 valence electrons. The van der Waals surface area contributed by atoms with Gasteiger partial charge in [-0.3, -0.25) is 19.1 Å². The molecule has 1 aromatic heterocycles. The van der Waals surface area contributed by atoms with Gasteiger partial charge in [0, 0.05) is 31.4 Å². The average Bonchev–Trinajstić information content (AvgIpc) is 3.00. The van der Waals surface area contributed by atoms with Gasteiger partial charge in [0.05, 0.1) is 15.5 Å². The van der Waals surface area contributed by atoms with E-state index in [-0.39, 0.29) is 22.8 Å². The number of sulfonamides is 1. The van der Waals surface area contributed by atoms with Gasteiger partial charge in [-0.25, -0.2) is 8.42 Å². The van der Waals surface area contributed by atoms with Crippen molar-refractivity contribution >= 4 is 32.9 Å². The highest BCUT2D eigenvalue weighted by molar-refractivity contribution is 7.92. The number of aromatic nitrogens is 2.